The first kappa shape index (κ1) is 9.94. The molecule has 0 aliphatic heterocycles. The van der Waals surface area contributed by atoms with Crippen LogP contribution in [0.4, 0.5) is 0 Å². The van der Waals surface area contributed by atoms with Gasteiger partial charge < -0.3 is 11.5 Å². The number of hydrogen-bond donors (Lipinski definition) is 2. The van der Waals surface area contributed by atoms with E-state index in [1.165, 1.54) is 17.6 Å². The van der Waals surface area contributed by atoms with Crippen LogP contribution in [0.15, 0.2) is 21.8 Å². The average Bonchev–Trinajstić information content (AvgIpc) is 2.68. The third-order valence-corrected chi connectivity index (χ3v) is 2.64. The lowest BCUT2D eigenvalue weighted by molar-refractivity contribution is 1.18. The highest BCUT2D eigenvalue weighted by molar-refractivity contribution is 7.15. The second-order valence-electron chi connectivity index (χ2n) is 2.61. The van der Waals surface area contributed by atoms with E-state index in [1.54, 1.807) is 4.40 Å². The topological polar surface area (TPSA) is 94.1 Å². The van der Waals surface area contributed by atoms with E-state index >= 15 is 0 Å². The van der Waals surface area contributed by atoms with Crippen molar-refractivity contribution < 1.29 is 0 Å². The number of fused-ring (bicyclic) bond motifs is 1. The Hall–Kier alpha value is -1.60. The van der Waals surface area contributed by atoms with Crippen LogP contribution < -0.4 is 11.5 Å². The van der Waals surface area contributed by atoms with Crippen LogP contribution in [0.1, 0.15) is 5.69 Å². The van der Waals surface area contributed by atoms with Crippen molar-refractivity contribution in [1.82, 2.24) is 9.38 Å². The van der Waals surface area contributed by atoms with Gasteiger partial charge in [0.2, 0.25) is 5.96 Å². The number of halogens is 1. The summed E-state index contributed by atoms with van der Waals surface area (Å²) in [6.07, 6.45) is 3.30. The van der Waals surface area contributed by atoms with Gasteiger partial charge in [-0.1, -0.05) is 11.6 Å². The van der Waals surface area contributed by atoms with Crippen LogP contribution in [0.3, 0.4) is 0 Å². The smallest absolute Gasteiger partial charge is 0.211 e. The van der Waals surface area contributed by atoms with Crippen molar-refractivity contribution in [2.75, 3.05) is 0 Å². The molecule has 2 aromatic heterocycles. The van der Waals surface area contributed by atoms with Gasteiger partial charge in [-0.05, 0) is 0 Å². The largest absolute Gasteiger partial charge is 0.369 e. The van der Waals surface area contributed by atoms with Crippen LogP contribution in [0, 0.1) is 0 Å². The molecular formula is C7H7ClN6S. The van der Waals surface area contributed by atoms with Gasteiger partial charge >= 0.3 is 0 Å². The van der Waals surface area contributed by atoms with Crippen LogP contribution >= 0.6 is 22.9 Å². The van der Waals surface area contributed by atoms with Gasteiger partial charge in [0.1, 0.15) is 5.69 Å². The molecule has 0 saturated heterocycles. The first-order chi connectivity index (χ1) is 7.18. The van der Waals surface area contributed by atoms with Gasteiger partial charge in [0, 0.05) is 11.6 Å². The summed E-state index contributed by atoms with van der Waals surface area (Å²) in [5.74, 6) is -0.103. The van der Waals surface area contributed by atoms with Gasteiger partial charge in [-0.15, -0.1) is 16.4 Å². The van der Waals surface area contributed by atoms with Gasteiger partial charge in [0.05, 0.1) is 6.21 Å². The molecule has 2 heterocycles. The molecule has 0 fully saturated rings. The molecule has 15 heavy (non-hydrogen) atoms. The molecule has 0 atom stereocenters. The van der Waals surface area contributed by atoms with Crippen LogP contribution in [-0.4, -0.2) is 21.6 Å². The Balaban J connectivity index is 2.42. The second kappa shape index (κ2) is 3.87. The number of guanidine groups is 1. The molecule has 8 heteroatoms. The molecule has 0 unspecified atom stereocenters. The third kappa shape index (κ3) is 1.92. The second-order valence-corrected chi connectivity index (χ2v) is 3.84. The van der Waals surface area contributed by atoms with Crippen molar-refractivity contribution in [1.29, 1.82) is 0 Å². The molecule has 4 N–H and O–H groups in total. The summed E-state index contributed by atoms with van der Waals surface area (Å²) in [6.45, 7) is 0. The Morgan fingerprint density at radius 3 is 3.13 bits per heavy atom. The average molecular weight is 243 g/mol. The fourth-order valence-corrected chi connectivity index (χ4v) is 2.03. The highest BCUT2D eigenvalue weighted by Crippen LogP contribution is 2.19. The number of imidazole rings is 1. The number of nitrogens with zero attached hydrogens (tertiary/aromatic N) is 4. The van der Waals surface area contributed by atoms with Crippen LogP contribution in [0.2, 0.25) is 5.15 Å². The van der Waals surface area contributed by atoms with Crippen molar-refractivity contribution in [2.45, 2.75) is 0 Å². The molecular weight excluding hydrogens is 236 g/mol. The molecule has 0 bridgehead atoms. The monoisotopic (exact) mass is 242 g/mol. The molecule has 6 nitrogen and oxygen atoms in total. The third-order valence-electron chi connectivity index (χ3n) is 1.61. The first-order valence-electron chi connectivity index (χ1n) is 3.91. The molecule has 0 aliphatic rings. The van der Waals surface area contributed by atoms with E-state index in [9.17, 15) is 0 Å². The zero-order valence-electron chi connectivity index (χ0n) is 7.46. The Kier molecular flexibility index (Phi) is 2.57. The maximum absolute atomic E-state index is 5.90. The quantitative estimate of drug-likeness (QED) is 0.460. The summed E-state index contributed by atoms with van der Waals surface area (Å²) >= 11 is 7.38. The number of rotatable bonds is 2. The molecule has 2 rings (SSSR count). The van der Waals surface area contributed by atoms with Gasteiger partial charge in [0.15, 0.2) is 10.1 Å². The number of aromatic nitrogens is 2. The van der Waals surface area contributed by atoms with Crippen molar-refractivity contribution in [3.8, 4) is 0 Å². The fourth-order valence-electron chi connectivity index (χ4n) is 1.04. The van der Waals surface area contributed by atoms with Crippen LogP contribution in [0.25, 0.3) is 4.96 Å². The molecule has 78 valence electrons. The lowest BCUT2D eigenvalue weighted by Crippen LogP contribution is -2.21. The fraction of sp³-hybridized carbons (Fsp3) is 0. The Morgan fingerprint density at radius 2 is 2.40 bits per heavy atom. The summed E-state index contributed by atoms with van der Waals surface area (Å²) in [6, 6.07) is 0. The van der Waals surface area contributed by atoms with Gasteiger partial charge in [-0.2, -0.15) is 5.10 Å². The SMILES string of the molecule is NC(N)=N/N=C\c1c(Cl)nc2sccn12. The zero-order chi connectivity index (χ0) is 10.8. The Morgan fingerprint density at radius 1 is 1.60 bits per heavy atom. The van der Waals surface area contributed by atoms with Gasteiger partial charge in [-0.25, -0.2) is 4.98 Å². The zero-order valence-corrected chi connectivity index (χ0v) is 9.03. The molecule has 0 spiro atoms. The molecule has 0 radical (unpaired) electrons. The predicted octanol–water partition coefficient (Wildman–Crippen LogP) is 0.657. The maximum atomic E-state index is 5.90. The van der Waals surface area contributed by atoms with Crippen molar-refractivity contribution in [3.63, 3.8) is 0 Å². The van der Waals surface area contributed by atoms with E-state index in [4.69, 9.17) is 23.1 Å². The summed E-state index contributed by atoms with van der Waals surface area (Å²) < 4.78 is 1.80. The number of nitrogens with two attached hydrogens (primary N) is 2. The molecule has 0 aliphatic carbocycles. The summed E-state index contributed by atoms with van der Waals surface area (Å²) in [5.41, 5.74) is 10.9. The molecule has 2 aromatic rings. The van der Waals surface area contributed by atoms with Gasteiger partial charge in [0.25, 0.3) is 0 Å². The summed E-state index contributed by atoms with van der Waals surface area (Å²) in [4.78, 5) is 4.91. The summed E-state index contributed by atoms with van der Waals surface area (Å²) in [7, 11) is 0. The highest BCUT2D eigenvalue weighted by Gasteiger charge is 2.08. The standard InChI is InChI=1S/C7H7ClN6S/c8-5-4(3-11-13-6(9)10)14-1-2-15-7(14)12-5/h1-3H,(H4,9,10,13)/b11-3-. The Bertz CT molecular complexity index is 535. The van der Waals surface area contributed by atoms with Crippen molar-refractivity contribution in [2.24, 2.45) is 21.7 Å². The Labute approximate surface area is 93.9 Å². The number of hydrogen-bond acceptors (Lipinski definition) is 4. The van der Waals surface area contributed by atoms with Gasteiger partial charge in [-0.3, -0.25) is 4.40 Å². The van der Waals surface area contributed by atoms with E-state index in [1.807, 2.05) is 11.6 Å². The first-order valence-corrected chi connectivity index (χ1v) is 5.17. The van der Waals surface area contributed by atoms with Crippen molar-refractivity contribution in [3.05, 3.63) is 22.4 Å². The molecule has 0 aromatic carbocycles. The van der Waals surface area contributed by atoms with Crippen LogP contribution in [0.5, 0.6) is 0 Å². The lowest BCUT2D eigenvalue weighted by atomic mass is 10.5. The lowest BCUT2D eigenvalue weighted by Gasteiger charge is -1.88. The minimum atomic E-state index is -0.103. The predicted molar refractivity (Wildman–Crippen MR) is 61.5 cm³/mol. The molecule has 0 saturated carbocycles. The highest BCUT2D eigenvalue weighted by atomic mass is 35.5. The minimum absolute atomic E-state index is 0.103. The summed E-state index contributed by atoms with van der Waals surface area (Å²) in [5, 5.41) is 9.42. The van der Waals surface area contributed by atoms with E-state index in [-0.39, 0.29) is 5.96 Å². The minimum Gasteiger partial charge on any atom is -0.369 e. The molecule has 0 amide bonds. The van der Waals surface area contributed by atoms with E-state index in [0.29, 0.717) is 10.8 Å². The van der Waals surface area contributed by atoms with E-state index in [0.717, 1.165) is 4.96 Å². The van der Waals surface area contributed by atoms with Crippen LogP contribution in [-0.2, 0) is 0 Å². The number of thiazole rings is 1. The van der Waals surface area contributed by atoms with E-state index in [2.05, 4.69) is 15.2 Å². The maximum Gasteiger partial charge on any atom is 0.211 e. The van der Waals surface area contributed by atoms with E-state index < -0.39 is 0 Å². The van der Waals surface area contributed by atoms with Crippen molar-refractivity contribution >= 4 is 40.1 Å². The normalized spacial score (nSPS) is 11.3.